The number of hydrogen-bond acceptors (Lipinski definition) is 4. The second-order valence-corrected chi connectivity index (χ2v) is 5.55. The molecule has 0 aliphatic rings. The van der Waals surface area contributed by atoms with Crippen molar-refractivity contribution in [3.8, 4) is 5.75 Å². The van der Waals surface area contributed by atoms with E-state index < -0.39 is 23.3 Å². The van der Waals surface area contributed by atoms with Crippen LogP contribution in [0, 0.1) is 5.41 Å². The van der Waals surface area contributed by atoms with Crippen molar-refractivity contribution in [3.05, 3.63) is 23.8 Å². The summed E-state index contributed by atoms with van der Waals surface area (Å²) in [4.78, 5) is 23.2. The molecule has 6 nitrogen and oxygen atoms in total. The monoisotopic (exact) mass is 280 g/mol. The second kappa shape index (κ2) is 5.92. The summed E-state index contributed by atoms with van der Waals surface area (Å²) >= 11 is 0. The maximum atomic E-state index is 12.0. The lowest BCUT2D eigenvalue weighted by Crippen LogP contribution is -2.45. The number of ether oxygens (including phenoxy) is 1. The van der Waals surface area contributed by atoms with E-state index in [4.69, 9.17) is 15.6 Å². The van der Waals surface area contributed by atoms with Gasteiger partial charge in [0.05, 0.1) is 24.4 Å². The Morgan fingerprint density at radius 1 is 1.35 bits per heavy atom. The minimum Gasteiger partial charge on any atom is -0.497 e. The number of nitrogens with two attached hydrogens (primary N) is 1. The Kier molecular flexibility index (Phi) is 4.73. The van der Waals surface area contributed by atoms with E-state index in [2.05, 4.69) is 5.32 Å². The first-order valence-electron chi connectivity index (χ1n) is 6.14. The Labute approximate surface area is 117 Å². The molecule has 1 aromatic carbocycles. The Morgan fingerprint density at radius 3 is 2.40 bits per heavy atom. The number of hydrogen-bond donors (Lipinski definition) is 3. The average Bonchev–Trinajstić information content (AvgIpc) is 2.36. The first-order valence-corrected chi connectivity index (χ1v) is 6.14. The van der Waals surface area contributed by atoms with E-state index in [0.29, 0.717) is 5.75 Å². The van der Waals surface area contributed by atoms with Crippen molar-refractivity contribution in [1.29, 1.82) is 0 Å². The summed E-state index contributed by atoms with van der Waals surface area (Å²) in [5.41, 5.74) is 5.58. The largest absolute Gasteiger partial charge is 0.497 e. The third-order valence-corrected chi connectivity index (χ3v) is 2.93. The zero-order valence-corrected chi connectivity index (χ0v) is 12.1. The van der Waals surface area contributed by atoms with E-state index in [1.807, 2.05) is 20.8 Å². The van der Waals surface area contributed by atoms with Crippen molar-refractivity contribution in [1.82, 2.24) is 0 Å². The molecule has 1 amide bonds. The van der Waals surface area contributed by atoms with Gasteiger partial charge >= 0.3 is 5.97 Å². The van der Waals surface area contributed by atoms with Gasteiger partial charge in [-0.1, -0.05) is 20.8 Å². The van der Waals surface area contributed by atoms with E-state index >= 15 is 0 Å². The molecule has 4 N–H and O–H groups in total. The quantitative estimate of drug-likeness (QED) is 0.779. The van der Waals surface area contributed by atoms with Gasteiger partial charge in [0.15, 0.2) is 0 Å². The fourth-order valence-corrected chi connectivity index (χ4v) is 1.54. The lowest BCUT2D eigenvalue weighted by Gasteiger charge is -2.26. The number of rotatable bonds is 4. The SMILES string of the molecule is COc1ccc(NC(=O)[C@@H](N)C(C)(C)C)c(C(=O)O)c1. The van der Waals surface area contributed by atoms with E-state index in [0.717, 1.165) is 0 Å². The maximum absolute atomic E-state index is 12.0. The fraction of sp³-hybridized carbons (Fsp3) is 0.429. The number of anilines is 1. The summed E-state index contributed by atoms with van der Waals surface area (Å²) in [7, 11) is 1.44. The molecule has 0 aromatic heterocycles. The number of carbonyl (C=O) groups is 2. The Balaban J connectivity index is 3.03. The first-order chi connectivity index (χ1) is 9.16. The van der Waals surface area contributed by atoms with Crippen molar-refractivity contribution in [2.75, 3.05) is 12.4 Å². The number of benzene rings is 1. The van der Waals surface area contributed by atoms with E-state index in [1.165, 1.54) is 19.2 Å². The molecule has 20 heavy (non-hydrogen) atoms. The number of nitrogens with one attached hydrogen (secondary N) is 1. The lowest BCUT2D eigenvalue weighted by atomic mass is 9.87. The summed E-state index contributed by atoms with van der Waals surface area (Å²) in [6, 6.07) is 3.66. The Hall–Kier alpha value is -2.08. The van der Waals surface area contributed by atoms with Crippen LogP contribution in [0.1, 0.15) is 31.1 Å². The van der Waals surface area contributed by atoms with Crippen LogP contribution < -0.4 is 15.8 Å². The average molecular weight is 280 g/mol. The highest BCUT2D eigenvalue weighted by Crippen LogP contribution is 2.24. The molecule has 0 spiro atoms. The molecule has 6 heteroatoms. The van der Waals surface area contributed by atoms with Gasteiger partial charge < -0.3 is 20.9 Å². The molecule has 0 saturated heterocycles. The molecular formula is C14H20N2O4. The Bertz CT molecular complexity index is 520. The molecule has 1 atom stereocenters. The number of carbonyl (C=O) groups excluding carboxylic acids is 1. The number of aromatic carboxylic acids is 1. The molecule has 1 aromatic rings. The predicted octanol–water partition coefficient (Wildman–Crippen LogP) is 1.71. The number of methoxy groups -OCH3 is 1. The standard InChI is InChI=1S/C14H20N2O4/c1-14(2,3)11(15)12(17)16-10-6-5-8(20-4)7-9(10)13(18)19/h5-7,11H,15H2,1-4H3,(H,16,17)(H,18,19)/t11-/m1/s1. The van der Waals surface area contributed by atoms with Crippen molar-refractivity contribution < 1.29 is 19.4 Å². The topological polar surface area (TPSA) is 102 Å². The minimum absolute atomic E-state index is 0.0428. The summed E-state index contributed by atoms with van der Waals surface area (Å²) in [6.07, 6.45) is 0. The first kappa shape index (κ1) is 16.0. The van der Waals surface area contributed by atoms with Crippen LogP contribution >= 0.6 is 0 Å². The van der Waals surface area contributed by atoms with Gasteiger partial charge in [-0.15, -0.1) is 0 Å². The normalized spacial score (nSPS) is 12.7. The van der Waals surface area contributed by atoms with Crippen LogP contribution in [-0.4, -0.2) is 30.1 Å². The van der Waals surface area contributed by atoms with Crippen LogP contribution in [-0.2, 0) is 4.79 Å². The zero-order valence-electron chi connectivity index (χ0n) is 12.1. The molecular weight excluding hydrogens is 260 g/mol. The fourth-order valence-electron chi connectivity index (χ4n) is 1.54. The van der Waals surface area contributed by atoms with Crippen LogP contribution in [0.3, 0.4) is 0 Å². The van der Waals surface area contributed by atoms with Crippen LogP contribution in [0.5, 0.6) is 5.75 Å². The zero-order chi connectivity index (χ0) is 15.5. The highest BCUT2D eigenvalue weighted by atomic mass is 16.5. The third-order valence-electron chi connectivity index (χ3n) is 2.93. The van der Waals surface area contributed by atoms with Crippen molar-refractivity contribution >= 4 is 17.6 Å². The second-order valence-electron chi connectivity index (χ2n) is 5.55. The summed E-state index contributed by atoms with van der Waals surface area (Å²) < 4.78 is 4.97. The smallest absolute Gasteiger partial charge is 0.337 e. The highest BCUT2D eigenvalue weighted by molar-refractivity contribution is 6.02. The van der Waals surface area contributed by atoms with Crippen LogP contribution in [0.2, 0.25) is 0 Å². The molecule has 0 radical (unpaired) electrons. The summed E-state index contributed by atoms with van der Waals surface area (Å²) in [5.74, 6) is -1.17. The number of carboxylic acids is 1. The van der Waals surface area contributed by atoms with Crippen LogP contribution in [0.15, 0.2) is 18.2 Å². The van der Waals surface area contributed by atoms with Crippen LogP contribution in [0.4, 0.5) is 5.69 Å². The lowest BCUT2D eigenvalue weighted by molar-refractivity contribution is -0.119. The van der Waals surface area contributed by atoms with E-state index in [-0.39, 0.29) is 11.3 Å². The van der Waals surface area contributed by atoms with Gasteiger partial charge in [-0.25, -0.2) is 4.79 Å². The molecule has 0 aliphatic heterocycles. The summed E-state index contributed by atoms with van der Waals surface area (Å²) in [6.45, 7) is 5.51. The van der Waals surface area contributed by atoms with E-state index in [1.54, 1.807) is 6.07 Å². The van der Waals surface area contributed by atoms with Crippen LogP contribution in [0.25, 0.3) is 0 Å². The summed E-state index contributed by atoms with van der Waals surface area (Å²) in [5, 5.41) is 11.7. The van der Waals surface area contributed by atoms with Crippen molar-refractivity contribution in [2.45, 2.75) is 26.8 Å². The third kappa shape index (κ3) is 3.71. The maximum Gasteiger partial charge on any atom is 0.337 e. The molecule has 0 heterocycles. The van der Waals surface area contributed by atoms with E-state index in [9.17, 15) is 9.59 Å². The Morgan fingerprint density at radius 2 is 1.95 bits per heavy atom. The van der Waals surface area contributed by atoms with Gasteiger partial charge in [0, 0.05) is 0 Å². The molecule has 0 unspecified atom stereocenters. The molecule has 0 fully saturated rings. The van der Waals surface area contributed by atoms with Gasteiger partial charge in [0.25, 0.3) is 0 Å². The molecule has 110 valence electrons. The van der Waals surface area contributed by atoms with Gasteiger partial charge in [0.1, 0.15) is 5.75 Å². The van der Waals surface area contributed by atoms with Gasteiger partial charge in [0.2, 0.25) is 5.91 Å². The van der Waals surface area contributed by atoms with Gasteiger partial charge in [-0.2, -0.15) is 0 Å². The van der Waals surface area contributed by atoms with Gasteiger partial charge in [-0.05, 0) is 23.6 Å². The molecule has 0 saturated carbocycles. The molecule has 0 bridgehead atoms. The van der Waals surface area contributed by atoms with Gasteiger partial charge in [-0.3, -0.25) is 4.79 Å². The highest BCUT2D eigenvalue weighted by Gasteiger charge is 2.28. The number of amides is 1. The number of carboxylic acid groups (broad SMARTS) is 1. The predicted molar refractivity (Wildman–Crippen MR) is 76.0 cm³/mol. The molecule has 0 aliphatic carbocycles. The molecule has 1 rings (SSSR count). The van der Waals surface area contributed by atoms with Crippen molar-refractivity contribution in [3.63, 3.8) is 0 Å². The minimum atomic E-state index is -1.15. The van der Waals surface area contributed by atoms with Crippen molar-refractivity contribution in [2.24, 2.45) is 11.1 Å².